The zero-order chi connectivity index (χ0) is 29.8. The van der Waals surface area contributed by atoms with Crippen molar-refractivity contribution < 1.29 is 23.9 Å². The number of Topliss-reactive ketones (excluding diaryl/α,β-unsaturated/α-hetero) is 1. The van der Waals surface area contributed by atoms with E-state index in [4.69, 9.17) is 9.47 Å². The van der Waals surface area contributed by atoms with Crippen LogP contribution in [0.4, 0.5) is 0 Å². The van der Waals surface area contributed by atoms with Crippen LogP contribution in [0.3, 0.4) is 0 Å². The molecule has 4 aromatic rings. The highest BCUT2D eigenvalue weighted by Crippen LogP contribution is 2.32. The third kappa shape index (κ3) is 6.05. The van der Waals surface area contributed by atoms with Crippen molar-refractivity contribution >= 4 is 29.9 Å². The first-order valence-electron chi connectivity index (χ1n) is 14.0. The summed E-state index contributed by atoms with van der Waals surface area (Å²) in [5, 5.41) is 0. The van der Waals surface area contributed by atoms with Crippen molar-refractivity contribution in [3.63, 3.8) is 0 Å². The van der Waals surface area contributed by atoms with Gasteiger partial charge in [0.1, 0.15) is 24.6 Å². The molecule has 0 atom stereocenters. The number of aromatic amines is 2. The topological polar surface area (TPSA) is 101 Å². The molecule has 0 aliphatic heterocycles. The Bertz CT molecular complexity index is 1580. The molecular weight excluding hydrogens is 528 g/mol. The van der Waals surface area contributed by atoms with E-state index >= 15 is 0 Å². The molecule has 0 radical (unpaired) electrons. The fourth-order valence-corrected chi connectivity index (χ4v) is 5.04. The molecule has 2 aromatic heterocycles. The number of ether oxygens (including phenoxy) is 2. The smallest absolute Gasteiger partial charge is 0.355 e. The van der Waals surface area contributed by atoms with Gasteiger partial charge in [0.25, 0.3) is 0 Å². The van der Waals surface area contributed by atoms with Gasteiger partial charge in [-0.1, -0.05) is 60.7 Å². The van der Waals surface area contributed by atoms with Crippen LogP contribution < -0.4 is 0 Å². The summed E-state index contributed by atoms with van der Waals surface area (Å²) in [5.74, 6) is -0.911. The number of rotatable bonds is 8. The van der Waals surface area contributed by atoms with E-state index in [0.29, 0.717) is 35.4 Å². The molecule has 2 heterocycles. The summed E-state index contributed by atoms with van der Waals surface area (Å²) in [4.78, 5) is 45.3. The number of nitrogens with one attached hydrogen (secondary N) is 2. The van der Waals surface area contributed by atoms with Crippen LogP contribution in [0.1, 0.15) is 78.6 Å². The normalized spacial score (nSPS) is 15.0. The van der Waals surface area contributed by atoms with Crippen molar-refractivity contribution in [1.82, 2.24) is 9.97 Å². The molecule has 2 N–H and O–H groups in total. The van der Waals surface area contributed by atoms with Crippen molar-refractivity contribution in [1.29, 1.82) is 0 Å². The fourth-order valence-electron chi connectivity index (χ4n) is 5.04. The van der Waals surface area contributed by atoms with Crippen molar-refractivity contribution in [3.05, 3.63) is 128 Å². The predicted octanol–water partition coefficient (Wildman–Crippen LogP) is 7.12. The van der Waals surface area contributed by atoms with Gasteiger partial charge in [0.2, 0.25) is 0 Å². The molecule has 7 nitrogen and oxygen atoms in total. The minimum Gasteiger partial charge on any atom is -0.456 e. The highest BCUT2D eigenvalue weighted by atomic mass is 16.5. The first-order chi connectivity index (χ1) is 20.2. The summed E-state index contributed by atoms with van der Waals surface area (Å²) >= 11 is 0. The van der Waals surface area contributed by atoms with Crippen LogP contribution in [0.15, 0.2) is 71.8 Å². The Balaban J connectivity index is 1.29. The standard InChI is InChI=1S/C35H34N2O5/c1-21-23(3)31(34(39)41-19-25-11-7-5-8-12-25)36-29(21)17-27-15-16-28(33(27)38)18-30-22(2)24(4)32(37-30)35(40)42-20-26-13-9-6-10-14-26/h5-14,17-18,36-37H,15-16,19-20H2,1-4H3. The number of allylic oxidation sites excluding steroid dienone is 2. The molecule has 1 aliphatic rings. The van der Waals surface area contributed by atoms with E-state index in [-0.39, 0.29) is 19.0 Å². The number of benzene rings is 2. The van der Waals surface area contributed by atoms with Crippen molar-refractivity contribution in [2.75, 3.05) is 0 Å². The summed E-state index contributed by atoms with van der Waals surface area (Å²) in [5.41, 5.74) is 8.76. The minimum atomic E-state index is -0.432. The fraction of sp³-hybridized carbons (Fsp3) is 0.229. The molecule has 1 aliphatic carbocycles. The number of carbonyl (C=O) groups is 3. The number of aromatic nitrogens is 2. The lowest BCUT2D eigenvalue weighted by atomic mass is 10.1. The number of ketones is 1. The maximum absolute atomic E-state index is 13.4. The first kappa shape index (κ1) is 28.6. The van der Waals surface area contributed by atoms with Crippen LogP contribution >= 0.6 is 0 Å². The van der Waals surface area contributed by atoms with E-state index in [1.54, 1.807) is 0 Å². The van der Waals surface area contributed by atoms with E-state index in [0.717, 1.165) is 44.8 Å². The third-order valence-electron chi connectivity index (χ3n) is 7.92. The molecular formula is C35H34N2O5. The summed E-state index contributed by atoms with van der Waals surface area (Å²) in [6, 6.07) is 19.0. The Kier molecular flexibility index (Phi) is 8.38. The SMILES string of the molecule is Cc1c(C=C2CCC(=Cc3[nH]c(C(=O)OCc4ccccc4)c(C)c3C)C2=O)[nH]c(C(=O)OCc2ccccc2)c1C. The second-order valence-corrected chi connectivity index (χ2v) is 10.6. The predicted molar refractivity (Wildman–Crippen MR) is 162 cm³/mol. The van der Waals surface area contributed by atoms with E-state index in [1.807, 2.05) is 101 Å². The van der Waals surface area contributed by atoms with Crippen LogP contribution in [-0.4, -0.2) is 27.7 Å². The third-order valence-corrected chi connectivity index (χ3v) is 7.92. The van der Waals surface area contributed by atoms with Gasteiger partial charge in [0.15, 0.2) is 5.78 Å². The number of H-pyrrole nitrogens is 2. The molecule has 0 spiro atoms. The van der Waals surface area contributed by atoms with Crippen molar-refractivity contribution in [2.24, 2.45) is 0 Å². The van der Waals surface area contributed by atoms with Crippen molar-refractivity contribution in [3.8, 4) is 0 Å². The number of hydrogen-bond donors (Lipinski definition) is 2. The second-order valence-electron chi connectivity index (χ2n) is 10.6. The summed E-state index contributed by atoms with van der Waals surface area (Å²) in [6.45, 7) is 7.95. The molecule has 0 unspecified atom stereocenters. The number of carbonyl (C=O) groups excluding carboxylic acids is 3. The van der Waals surface area contributed by atoms with E-state index in [2.05, 4.69) is 9.97 Å². The highest BCUT2D eigenvalue weighted by molar-refractivity contribution is 6.15. The summed E-state index contributed by atoms with van der Waals surface area (Å²) < 4.78 is 11.0. The maximum atomic E-state index is 13.4. The molecule has 0 saturated heterocycles. The Labute approximate surface area is 245 Å². The lowest BCUT2D eigenvalue weighted by Gasteiger charge is -2.04. The van der Waals surface area contributed by atoms with Gasteiger partial charge in [-0.05, 0) is 86.1 Å². The second kappa shape index (κ2) is 12.3. The Morgan fingerprint density at radius 3 is 1.40 bits per heavy atom. The van der Waals surface area contributed by atoms with Gasteiger partial charge in [0, 0.05) is 22.5 Å². The summed E-state index contributed by atoms with van der Waals surface area (Å²) in [7, 11) is 0. The van der Waals surface area contributed by atoms with Gasteiger partial charge in [-0.15, -0.1) is 0 Å². The molecule has 1 saturated carbocycles. The first-order valence-corrected chi connectivity index (χ1v) is 14.0. The van der Waals surface area contributed by atoms with Gasteiger partial charge >= 0.3 is 11.9 Å². The number of esters is 2. The van der Waals surface area contributed by atoms with Crippen LogP contribution in [0, 0.1) is 27.7 Å². The lowest BCUT2D eigenvalue weighted by Crippen LogP contribution is -2.07. The molecule has 42 heavy (non-hydrogen) atoms. The molecule has 2 aromatic carbocycles. The zero-order valence-corrected chi connectivity index (χ0v) is 24.3. The molecule has 214 valence electrons. The largest absolute Gasteiger partial charge is 0.456 e. The Hall–Kier alpha value is -4.91. The Morgan fingerprint density at radius 2 is 1.02 bits per heavy atom. The molecule has 5 rings (SSSR count). The lowest BCUT2D eigenvalue weighted by molar-refractivity contribution is -0.111. The highest BCUT2D eigenvalue weighted by Gasteiger charge is 2.26. The van der Waals surface area contributed by atoms with Crippen LogP contribution in [0.2, 0.25) is 0 Å². The van der Waals surface area contributed by atoms with Crippen molar-refractivity contribution in [2.45, 2.75) is 53.8 Å². The zero-order valence-electron chi connectivity index (χ0n) is 24.3. The number of hydrogen-bond acceptors (Lipinski definition) is 5. The van der Waals surface area contributed by atoms with Gasteiger partial charge in [0.05, 0.1) is 0 Å². The van der Waals surface area contributed by atoms with Gasteiger partial charge in [-0.3, -0.25) is 4.79 Å². The summed E-state index contributed by atoms with van der Waals surface area (Å²) in [6.07, 6.45) is 4.83. The quantitative estimate of drug-likeness (QED) is 0.176. The average molecular weight is 563 g/mol. The maximum Gasteiger partial charge on any atom is 0.355 e. The van der Waals surface area contributed by atoms with Gasteiger partial charge < -0.3 is 19.4 Å². The minimum absolute atomic E-state index is 0.0466. The Morgan fingerprint density at radius 1 is 0.643 bits per heavy atom. The van der Waals surface area contributed by atoms with Crippen LogP contribution in [0.25, 0.3) is 12.2 Å². The molecule has 7 heteroatoms. The molecule has 0 bridgehead atoms. The van der Waals surface area contributed by atoms with Crippen LogP contribution in [-0.2, 0) is 27.5 Å². The van der Waals surface area contributed by atoms with Gasteiger partial charge in [-0.2, -0.15) is 0 Å². The monoisotopic (exact) mass is 562 g/mol. The van der Waals surface area contributed by atoms with E-state index in [1.165, 1.54) is 0 Å². The average Bonchev–Trinajstić information content (AvgIpc) is 3.60. The van der Waals surface area contributed by atoms with Gasteiger partial charge in [-0.25, -0.2) is 9.59 Å². The molecule has 0 amide bonds. The van der Waals surface area contributed by atoms with E-state index < -0.39 is 11.9 Å². The van der Waals surface area contributed by atoms with Crippen LogP contribution in [0.5, 0.6) is 0 Å². The van der Waals surface area contributed by atoms with E-state index in [9.17, 15) is 14.4 Å². The molecule has 1 fully saturated rings.